The molecule has 2 atom stereocenters. The minimum absolute atomic E-state index is 0.102. The first-order valence-corrected chi connectivity index (χ1v) is 8.73. The Labute approximate surface area is 149 Å². The lowest BCUT2D eigenvalue weighted by atomic mass is 9.85. The summed E-state index contributed by atoms with van der Waals surface area (Å²) in [7, 11) is 1.68. The lowest BCUT2D eigenvalue weighted by Crippen LogP contribution is -2.30. The smallest absolute Gasteiger partial charge is 0.290 e. The van der Waals surface area contributed by atoms with Crippen LogP contribution in [0.3, 0.4) is 0 Å². The largest absolute Gasteiger partial charge is 0.497 e. The number of hydrogen-bond acceptors (Lipinski definition) is 4. The van der Waals surface area contributed by atoms with E-state index in [0.29, 0.717) is 19.2 Å². The highest BCUT2D eigenvalue weighted by Gasteiger charge is 2.45. The van der Waals surface area contributed by atoms with Gasteiger partial charge >= 0.3 is 0 Å². The predicted molar refractivity (Wildman–Crippen MR) is 95.9 cm³/mol. The van der Waals surface area contributed by atoms with Crippen molar-refractivity contribution in [2.24, 2.45) is 4.99 Å². The molecule has 1 N–H and O–H groups in total. The fraction of sp³-hybridized carbons (Fsp3) is 0.389. The fourth-order valence-electron chi connectivity index (χ4n) is 3.44. The molecule has 1 aromatic rings. The van der Waals surface area contributed by atoms with E-state index < -0.39 is 0 Å². The van der Waals surface area contributed by atoms with Gasteiger partial charge in [-0.2, -0.15) is 0 Å². The van der Waals surface area contributed by atoms with Crippen LogP contribution >= 0.6 is 15.9 Å². The molecule has 1 aromatic carbocycles. The molecular formula is C18H19BrN2O3. The summed E-state index contributed by atoms with van der Waals surface area (Å²) in [6.45, 7) is 3.12. The van der Waals surface area contributed by atoms with Crippen LogP contribution in [0.5, 0.6) is 0 Å². The highest BCUT2D eigenvalue weighted by Crippen LogP contribution is 2.41. The number of nitrogens with one attached hydrogen (secondary N) is 1. The summed E-state index contributed by atoms with van der Waals surface area (Å²) in [5, 5.41) is 3.26. The van der Waals surface area contributed by atoms with Crippen LogP contribution in [0, 0.1) is 0 Å². The molecule has 24 heavy (non-hydrogen) atoms. The second-order valence-corrected chi connectivity index (χ2v) is 7.21. The number of methoxy groups -OCH3 is 1. The number of aliphatic imine (C=N–C) groups is 1. The van der Waals surface area contributed by atoms with Crippen LogP contribution in [0.2, 0.25) is 0 Å². The van der Waals surface area contributed by atoms with E-state index in [-0.39, 0.29) is 11.6 Å². The van der Waals surface area contributed by atoms with Gasteiger partial charge in [-0.3, -0.25) is 0 Å². The van der Waals surface area contributed by atoms with E-state index in [1.54, 1.807) is 7.11 Å². The Bertz CT molecular complexity index is 772. The van der Waals surface area contributed by atoms with Crippen LogP contribution in [0.4, 0.5) is 5.69 Å². The Morgan fingerprint density at radius 3 is 3.12 bits per heavy atom. The van der Waals surface area contributed by atoms with Crippen molar-refractivity contribution in [1.29, 1.82) is 0 Å². The summed E-state index contributed by atoms with van der Waals surface area (Å²) in [6, 6.07) is 6.50. The Morgan fingerprint density at radius 2 is 2.29 bits per heavy atom. The van der Waals surface area contributed by atoms with E-state index in [2.05, 4.69) is 34.2 Å². The van der Waals surface area contributed by atoms with Crippen molar-refractivity contribution in [1.82, 2.24) is 0 Å². The average Bonchev–Trinajstić information content (AvgIpc) is 2.91. The Kier molecular flexibility index (Phi) is 3.89. The number of ether oxygens (including phenoxy) is 3. The second kappa shape index (κ2) is 5.93. The number of nitrogens with zero attached hydrogens (tertiary/aromatic N) is 1. The van der Waals surface area contributed by atoms with Crippen molar-refractivity contribution in [2.75, 3.05) is 19.0 Å². The number of halogens is 1. The summed E-state index contributed by atoms with van der Waals surface area (Å²) in [6.07, 6.45) is 4.92. The van der Waals surface area contributed by atoms with Crippen molar-refractivity contribution in [3.8, 4) is 0 Å². The average molecular weight is 391 g/mol. The van der Waals surface area contributed by atoms with Gasteiger partial charge in [-0.25, -0.2) is 4.99 Å². The van der Waals surface area contributed by atoms with E-state index in [4.69, 9.17) is 19.2 Å². The maximum absolute atomic E-state index is 6.03. The third-order valence-corrected chi connectivity index (χ3v) is 5.16. The molecule has 3 aliphatic rings. The molecule has 1 fully saturated rings. The molecule has 4 rings (SSSR count). The molecule has 0 radical (unpaired) electrons. The van der Waals surface area contributed by atoms with Crippen molar-refractivity contribution in [3.63, 3.8) is 0 Å². The molecule has 2 heterocycles. The molecule has 2 unspecified atom stereocenters. The summed E-state index contributed by atoms with van der Waals surface area (Å²) in [4.78, 5) is 4.76. The SMILES string of the molecule is COC1=C2C(N=C3Nc4ccc(Br)cc4CO3)COC2(C)CC=C1. The highest BCUT2D eigenvalue weighted by molar-refractivity contribution is 9.10. The molecule has 0 spiro atoms. The van der Waals surface area contributed by atoms with E-state index in [9.17, 15) is 0 Å². The minimum Gasteiger partial charge on any atom is -0.497 e. The number of rotatable bonds is 2. The van der Waals surface area contributed by atoms with Crippen LogP contribution in [-0.4, -0.2) is 31.4 Å². The summed E-state index contributed by atoms with van der Waals surface area (Å²) < 4.78 is 18.4. The number of allylic oxidation sites excluding steroid dienone is 1. The third-order valence-electron chi connectivity index (χ3n) is 4.67. The molecule has 0 aromatic heterocycles. The lowest BCUT2D eigenvalue weighted by Gasteiger charge is -2.29. The highest BCUT2D eigenvalue weighted by atomic mass is 79.9. The van der Waals surface area contributed by atoms with E-state index in [1.807, 2.05) is 24.3 Å². The van der Waals surface area contributed by atoms with Gasteiger partial charge in [0, 0.05) is 21.3 Å². The summed E-state index contributed by atoms with van der Waals surface area (Å²) in [5.41, 5.74) is 2.88. The zero-order valence-electron chi connectivity index (χ0n) is 13.6. The number of anilines is 1. The van der Waals surface area contributed by atoms with E-state index in [1.165, 1.54) is 0 Å². The Morgan fingerprint density at radius 1 is 1.42 bits per heavy atom. The van der Waals surface area contributed by atoms with Crippen molar-refractivity contribution in [2.45, 2.75) is 31.6 Å². The molecule has 0 amide bonds. The van der Waals surface area contributed by atoms with Crippen molar-refractivity contribution < 1.29 is 14.2 Å². The zero-order valence-corrected chi connectivity index (χ0v) is 15.2. The van der Waals surface area contributed by atoms with Gasteiger partial charge in [-0.05, 0) is 37.6 Å². The molecule has 126 valence electrons. The van der Waals surface area contributed by atoms with E-state index in [0.717, 1.165) is 33.5 Å². The Hall–Kier alpha value is -1.79. The molecule has 0 bridgehead atoms. The van der Waals surface area contributed by atoms with Crippen molar-refractivity contribution >= 4 is 27.6 Å². The van der Waals surface area contributed by atoms with Crippen LogP contribution in [0.1, 0.15) is 18.9 Å². The van der Waals surface area contributed by atoms with Gasteiger partial charge < -0.3 is 19.5 Å². The monoisotopic (exact) mass is 390 g/mol. The first kappa shape index (κ1) is 15.7. The van der Waals surface area contributed by atoms with Crippen LogP contribution < -0.4 is 5.32 Å². The van der Waals surface area contributed by atoms with Gasteiger partial charge in [0.25, 0.3) is 6.02 Å². The summed E-state index contributed by atoms with van der Waals surface area (Å²) in [5.74, 6) is 0.843. The molecule has 5 nitrogen and oxygen atoms in total. The first-order chi connectivity index (χ1) is 11.6. The molecule has 2 aliphatic heterocycles. The van der Waals surface area contributed by atoms with Gasteiger partial charge in [-0.1, -0.05) is 22.0 Å². The van der Waals surface area contributed by atoms with Gasteiger partial charge in [0.15, 0.2) is 0 Å². The van der Waals surface area contributed by atoms with Gasteiger partial charge in [0.05, 0.1) is 19.3 Å². The molecule has 1 aliphatic carbocycles. The molecule has 6 heteroatoms. The van der Waals surface area contributed by atoms with Crippen molar-refractivity contribution in [3.05, 3.63) is 51.7 Å². The van der Waals surface area contributed by atoms with Crippen LogP contribution in [0.15, 0.2) is 51.1 Å². The molecule has 1 saturated heterocycles. The maximum Gasteiger partial charge on any atom is 0.290 e. The fourth-order valence-corrected chi connectivity index (χ4v) is 3.85. The van der Waals surface area contributed by atoms with Gasteiger partial charge in [0.2, 0.25) is 0 Å². The molecule has 0 saturated carbocycles. The van der Waals surface area contributed by atoms with E-state index >= 15 is 0 Å². The standard InChI is InChI=1S/C18H19BrN2O3/c1-18-7-3-4-15(22-2)16(18)14(10-24-18)21-17-20-13-6-5-12(19)8-11(13)9-23-17/h3-6,8,14H,7,9-10H2,1-2H3,(H,20,21). The van der Waals surface area contributed by atoms with Gasteiger partial charge in [0.1, 0.15) is 18.4 Å². The number of fused-ring (bicyclic) bond motifs is 2. The van der Waals surface area contributed by atoms with Gasteiger partial charge in [-0.15, -0.1) is 0 Å². The van der Waals surface area contributed by atoms with Crippen LogP contribution in [-0.2, 0) is 20.8 Å². The third kappa shape index (κ3) is 2.63. The predicted octanol–water partition coefficient (Wildman–Crippen LogP) is 3.77. The topological polar surface area (TPSA) is 52.1 Å². The quantitative estimate of drug-likeness (QED) is 0.834. The Balaban J connectivity index is 1.63. The lowest BCUT2D eigenvalue weighted by molar-refractivity contribution is 0.0373. The molecular weight excluding hydrogens is 372 g/mol. The second-order valence-electron chi connectivity index (χ2n) is 6.30. The zero-order chi connectivity index (χ0) is 16.7. The number of benzene rings is 1. The van der Waals surface area contributed by atoms with Crippen LogP contribution in [0.25, 0.3) is 0 Å². The number of amidine groups is 1. The first-order valence-electron chi connectivity index (χ1n) is 7.94. The normalized spacial score (nSPS) is 29.8. The minimum atomic E-state index is -0.341. The maximum atomic E-state index is 6.03. The number of hydrogen-bond donors (Lipinski definition) is 1. The summed E-state index contributed by atoms with van der Waals surface area (Å²) >= 11 is 3.48.